The van der Waals surface area contributed by atoms with E-state index in [0.29, 0.717) is 32.2 Å². The second kappa shape index (κ2) is 9.59. The van der Waals surface area contributed by atoms with Crippen LogP contribution in [0, 0.1) is 5.92 Å². The number of nitrogens with zero attached hydrogens (tertiary/aromatic N) is 3. The van der Waals surface area contributed by atoms with Gasteiger partial charge in [0.2, 0.25) is 5.91 Å². The number of ether oxygens (including phenoxy) is 1. The molecule has 1 aromatic heterocycles. The molecular formula is C24H35N3O3S. The lowest BCUT2D eigenvalue weighted by molar-refractivity contribution is -0.138. The van der Waals surface area contributed by atoms with Crippen LogP contribution in [0.4, 0.5) is 0 Å². The van der Waals surface area contributed by atoms with Crippen molar-refractivity contribution in [2.75, 3.05) is 52.5 Å². The molecule has 2 amide bonds. The average Bonchev–Trinajstić information content (AvgIpc) is 3.28. The Morgan fingerprint density at radius 2 is 1.65 bits per heavy atom. The van der Waals surface area contributed by atoms with E-state index in [1.165, 1.54) is 42.5 Å². The van der Waals surface area contributed by atoms with Gasteiger partial charge in [0.15, 0.2) is 0 Å². The van der Waals surface area contributed by atoms with Gasteiger partial charge in [0, 0.05) is 56.1 Å². The predicted octanol–water partition coefficient (Wildman–Crippen LogP) is 2.80. The van der Waals surface area contributed by atoms with E-state index in [0.717, 1.165) is 56.4 Å². The summed E-state index contributed by atoms with van der Waals surface area (Å²) in [5, 5.41) is 0. The van der Waals surface area contributed by atoms with Gasteiger partial charge in [-0.2, -0.15) is 0 Å². The molecular weight excluding hydrogens is 410 g/mol. The number of thiophene rings is 1. The smallest absolute Gasteiger partial charge is 0.264 e. The van der Waals surface area contributed by atoms with Gasteiger partial charge in [0.1, 0.15) is 0 Å². The number of amides is 2. The normalized spacial score (nSPS) is 26.0. The van der Waals surface area contributed by atoms with Crippen LogP contribution in [0.3, 0.4) is 0 Å². The van der Waals surface area contributed by atoms with Crippen molar-refractivity contribution in [3.05, 3.63) is 21.4 Å². The van der Waals surface area contributed by atoms with Gasteiger partial charge in [0.05, 0.1) is 18.1 Å². The summed E-state index contributed by atoms with van der Waals surface area (Å²) in [4.78, 5) is 34.9. The molecule has 6 nitrogen and oxygen atoms in total. The van der Waals surface area contributed by atoms with Crippen molar-refractivity contribution in [1.82, 2.24) is 14.7 Å². The predicted molar refractivity (Wildman–Crippen MR) is 122 cm³/mol. The van der Waals surface area contributed by atoms with Gasteiger partial charge in [-0.05, 0) is 43.7 Å². The van der Waals surface area contributed by atoms with Crippen molar-refractivity contribution in [2.45, 2.75) is 57.4 Å². The maximum Gasteiger partial charge on any atom is 0.264 e. The zero-order valence-corrected chi connectivity index (χ0v) is 19.3. The largest absolute Gasteiger partial charge is 0.378 e. The van der Waals surface area contributed by atoms with Gasteiger partial charge in [0.25, 0.3) is 5.91 Å². The number of hydrogen-bond donors (Lipinski definition) is 0. The minimum atomic E-state index is 0.0784. The van der Waals surface area contributed by atoms with Crippen LogP contribution in [0.5, 0.6) is 0 Å². The van der Waals surface area contributed by atoms with Crippen molar-refractivity contribution < 1.29 is 14.3 Å². The summed E-state index contributed by atoms with van der Waals surface area (Å²) in [6, 6.07) is 2.81. The van der Waals surface area contributed by atoms with Gasteiger partial charge >= 0.3 is 0 Å². The molecule has 2 aliphatic carbocycles. The minimum Gasteiger partial charge on any atom is -0.378 e. The molecule has 2 aliphatic heterocycles. The number of morpholine rings is 1. The number of carbonyl (C=O) groups is 2. The highest BCUT2D eigenvalue weighted by molar-refractivity contribution is 7.14. The fourth-order valence-corrected chi connectivity index (χ4v) is 6.95. The Bertz CT molecular complexity index is 790. The monoisotopic (exact) mass is 445 g/mol. The molecule has 1 saturated carbocycles. The third kappa shape index (κ3) is 4.69. The van der Waals surface area contributed by atoms with E-state index in [1.807, 2.05) is 4.90 Å². The molecule has 1 atom stereocenters. The number of rotatable bonds is 3. The van der Waals surface area contributed by atoms with E-state index in [-0.39, 0.29) is 11.8 Å². The summed E-state index contributed by atoms with van der Waals surface area (Å²) in [6.45, 7) is 6.43. The first-order chi connectivity index (χ1) is 15.2. The van der Waals surface area contributed by atoms with Gasteiger partial charge in [-0.3, -0.25) is 14.5 Å². The van der Waals surface area contributed by atoms with Gasteiger partial charge < -0.3 is 14.5 Å². The first kappa shape index (κ1) is 21.4. The lowest BCUT2D eigenvalue weighted by Gasteiger charge is -2.41. The zero-order valence-electron chi connectivity index (χ0n) is 18.5. The number of aryl methyl sites for hydroxylation is 1. The maximum atomic E-state index is 13.3. The number of hydrogen-bond acceptors (Lipinski definition) is 5. The molecule has 0 unspecified atom stereocenters. The number of piperazine rings is 1. The van der Waals surface area contributed by atoms with Crippen molar-refractivity contribution >= 4 is 23.2 Å². The molecule has 4 aliphatic rings. The Hall–Kier alpha value is -1.44. The Morgan fingerprint density at radius 1 is 0.903 bits per heavy atom. The van der Waals surface area contributed by atoms with E-state index in [9.17, 15) is 9.59 Å². The summed E-state index contributed by atoms with van der Waals surface area (Å²) < 4.78 is 5.37. The van der Waals surface area contributed by atoms with Crippen LogP contribution in [0.25, 0.3) is 0 Å². The molecule has 0 bridgehead atoms. The highest BCUT2D eigenvalue weighted by Gasteiger charge is 2.33. The van der Waals surface area contributed by atoms with E-state index >= 15 is 0 Å². The standard InChI is InChI=1S/C24H35N3O3S/c28-23(26-10-8-25(9-11-26)20-4-2-1-3-5-20)18-6-7-21-19(16-18)17-22(31-21)24(29)27-12-14-30-15-13-27/h17-18,20H,1-16H2/t18-/m1/s1. The lowest BCUT2D eigenvalue weighted by atomic mass is 9.87. The van der Waals surface area contributed by atoms with Crippen LogP contribution in [0.15, 0.2) is 6.07 Å². The summed E-state index contributed by atoms with van der Waals surface area (Å²) in [6.07, 6.45) is 9.43. The highest BCUT2D eigenvalue weighted by Crippen LogP contribution is 2.34. The highest BCUT2D eigenvalue weighted by atomic mass is 32.1. The van der Waals surface area contributed by atoms with Crippen LogP contribution in [-0.2, 0) is 22.4 Å². The molecule has 170 valence electrons. The Kier molecular flexibility index (Phi) is 6.62. The summed E-state index contributed by atoms with van der Waals surface area (Å²) in [5.74, 6) is 0.542. The second-order valence-electron chi connectivity index (χ2n) is 9.56. The van der Waals surface area contributed by atoms with Crippen molar-refractivity contribution in [1.29, 1.82) is 0 Å². The topological polar surface area (TPSA) is 53.1 Å². The molecule has 0 aromatic carbocycles. The molecule has 2 saturated heterocycles. The maximum absolute atomic E-state index is 13.3. The zero-order chi connectivity index (χ0) is 21.2. The molecule has 0 radical (unpaired) electrons. The van der Waals surface area contributed by atoms with E-state index in [1.54, 1.807) is 11.3 Å². The number of carbonyl (C=O) groups excluding carboxylic acids is 2. The minimum absolute atomic E-state index is 0.0784. The van der Waals surface area contributed by atoms with Crippen LogP contribution in [0.1, 0.15) is 58.6 Å². The molecule has 0 spiro atoms. The first-order valence-electron chi connectivity index (χ1n) is 12.2. The van der Waals surface area contributed by atoms with Crippen molar-refractivity contribution in [2.24, 2.45) is 5.92 Å². The van der Waals surface area contributed by atoms with E-state index in [4.69, 9.17) is 4.74 Å². The van der Waals surface area contributed by atoms with E-state index < -0.39 is 0 Å². The van der Waals surface area contributed by atoms with Crippen LogP contribution in [-0.4, -0.2) is 85.0 Å². The Labute approximate surface area is 189 Å². The first-order valence-corrected chi connectivity index (χ1v) is 13.0. The van der Waals surface area contributed by atoms with Crippen molar-refractivity contribution in [3.63, 3.8) is 0 Å². The number of fused-ring (bicyclic) bond motifs is 1. The third-order valence-electron chi connectivity index (χ3n) is 7.66. The van der Waals surface area contributed by atoms with E-state index in [2.05, 4.69) is 15.9 Å². The van der Waals surface area contributed by atoms with Gasteiger partial charge in [-0.25, -0.2) is 0 Å². The second-order valence-corrected chi connectivity index (χ2v) is 10.7. The summed E-state index contributed by atoms with van der Waals surface area (Å²) >= 11 is 1.64. The SMILES string of the molecule is O=C(c1cc2c(s1)CC[C@@H](C(=O)N1CCN(C3CCCCC3)CC1)C2)N1CCOCC1. The third-order valence-corrected chi connectivity index (χ3v) is 8.88. The fourth-order valence-electron chi connectivity index (χ4n) is 5.77. The average molecular weight is 446 g/mol. The lowest BCUT2D eigenvalue weighted by Crippen LogP contribution is -2.53. The Morgan fingerprint density at radius 3 is 2.39 bits per heavy atom. The fraction of sp³-hybridized carbons (Fsp3) is 0.750. The quantitative estimate of drug-likeness (QED) is 0.718. The molecule has 31 heavy (non-hydrogen) atoms. The van der Waals surface area contributed by atoms with Crippen molar-refractivity contribution in [3.8, 4) is 0 Å². The Balaban J connectivity index is 1.16. The molecule has 7 heteroatoms. The molecule has 5 rings (SSSR count). The van der Waals surface area contributed by atoms with Crippen LogP contribution < -0.4 is 0 Å². The van der Waals surface area contributed by atoms with Crippen LogP contribution >= 0.6 is 11.3 Å². The molecule has 0 N–H and O–H groups in total. The van der Waals surface area contributed by atoms with Gasteiger partial charge in [-0.15, -0.1) is 11.3 Å². The molecule has 3 fully saturated rings. The molecule has 1 aromatic rings. The van der Waals surface area contributed by atoms with Gasteiger partial charge in [-0.1, -0.05) is 19.3 Å². The molecule has 3 heterocycles. The summed E-state index contributed by atoms with van der Waals surface area (Å²) in [7, 11) is 0. The summed E-state index contributed by atoms with van der Waals surface area (Å²) in [5.41, 5.74) is 1.23. The van der Waals surface area contributed by atoms with Crippen LogP contribution in [0.2, 0.25) is 0 Å².